The number of unbranched alkanes of at least 4 members (excludes halogenated alkanes) is 19. The highest BCUT2D eigenvalue weighted by Crippen LogP contribution is 2.13. The fourth-order valence-corrected chi connectivity index (χ4v) is 5.94. The SMILES string of the molecule is CC\C=C/C=C\C=C/CCCCCCCC(=O)OC(COC(=O)CCCCC/C=C\C=C/CCCC)COC(=O)CCCCCCCC/C=C\C=C/CCCCC. The Hall–Kier alpha value is -3.41. The van der Waals surface area contributed by atoms with Crippen LogP contribution in [-0.2, 0) is 28.6 Å². The van der Waals surface area contributed by atoms with Crippen molar-refractivity contribution in [3.8, 4) is 0 Å². The molecule has 0 rings (SSSR count). The van der Waals surface area contributed by atoms with Crippen molar-refractivity contribution >= 4 is 17.9 Å². The Morgan fingerprint density at radius 3 is 1.14 bits per heavy atom. The number of hydrogen-bond acceptors (Lipinski definition) is 6. The van der Waals surface area contributed by atoms with E-state index in [1.807, 2.05) is 6.08 Å². The summed E-state index contributed by atoms with van der Waals surface area (Å²) >= 11 is 0. The smallest absolute Gasteiger partial charge is 0.306 e. The van der Waals surface area contributed by atoms with Gasteiger partial charge < -0.3 is 14.2 Å². The molecule has 6 nitrogen and oxygen atoms in total. The molecule has 0 N–H and O–H groups in total. The molecule has 0 aromatic heterocycles. The summed E-state index contributed by atoms with van der Waals surface area (Å²) in [6, 6.07) is 0. The van der Waals surface area contributed by atoms with Crippen LogP contribution in [0.4, 0.5) is 0 Å². The maximum Gasteiger partial charge on any atom is 0.306 e. The fourth-order valence-electron chi connectivity index (χ4n) is 5.94. The summed E-state index contributed by atoms with van der Waals surface area (Å²) in [4.78, 5) is 37.8. The van der Waals surface area contributed by atoms with Crippen LogP contribution in [0.25, 0.3) is 0 Å². The number of hydrogen-bond donors (Lipinski definition) is 0. The third-order valence-electron chi connectivity index (χ3n) is 9.47. The van der Waals surface area contributed by atoms with Gasteiger partial charge in [0.2, 0.25) is 0 Å². The molecule has 1 atom stereocenters. The topological polar surface area (TPSA) is 78.9 Å². The zero-order valence-electron chi connectivity index (χ0n) is 36.8. The molecule has 57 heavy (non-hydrogen) atoms. The highest BCUT2D eigenvalue weighted by Gasteiger charge is 2.19. The van der Waals surface area contributed by atoms with E-state index in [1.54, 1.807) is 0 Å². The molecule has 0 spiro atoms. The van der Waals surface area contributed by atoms with Gasteiger partial charge >= 0.3 is 17.9 Å². The minimum absolute atomic E-state index is 0.101. The Morgan fingerprint density at radius 1 is 0.368 bits per heavy atom. The average Bonchev–Trinajstić information content (AvgIpc) is 3.21. The van der Waals surface area contributed by atoms with Crippen LogP contribution in [0.15, 0.2) is 85.1 Å². The van der Waals surface area contributed by atoms with Gasteiger partial charge in [0.05, 0.1) is 0 Å². The lowest BCUT2D eigenvalue weighted by atomic mass is 10.1. The minimum Gasteiger partial charge on any atom is -0.462 e. The summed E-state index contributed by atoms with van der Waals surface area (Å²) in [6.45, 7) is 6.35. The number of allylic oxidation sites excluding steroid dienone is 14. The predicted octanol–water partition coefficient (Wildman–Crippen LogP) is 14.9. The molecule has 0 heterocycles. The lowest BCUT2D eigenvalue weighted by Gasteiger charge is -2.18. The number of esters is 3. The van der Waals surface area contributed by atoms with Crippen molar-refractivity contribution in [2.45, 2.75) is 207 Å². The average molecular weight is 793 g/mol. The van der Waals surface area contributed by atoms with Crippen LogP contribution < -0.4 is 0 Å². The van der Waals surface area contributed by atoms with Gasteiger partial charge in [-0.1, -0.05) is 183 Å². The lowest BCUT2D eigenvalue weighted by molar-refractivity contribution is -0.167. The van der Waals surface area contributed by atoms with Crippen LogP contribution in [0, 0.1) is 0 Å². The molecule has 0 aromatic rings. The zero-order valence-corrected chi connectivity index (χ0v) is 36.8. The van der Waals surface area contributed by atoms with Crippen LogP contribution in [-0.4, -0.2) is 37.2 Å². The number of carbonyl (C=O) groups is 3. The normalized spacial score (nSPS) is 12.8. The summed E-state index contributed by atoms with van der Waals surface area (Å²) in [7, 11) is 0. The molecule has 0 aliphatic carbocycles. The van der Waals surface area contributed by atoms with E-state index in [9.17, 15) is 14.4 Å². The van der Waals surface area contributed by atoms with Crippen molar-refractivity contribution < 1.29 is 28.6 Å². The van der Waals surface area contributed by atoms with E-state index in [0.29, 0.717) is 19.3 Å². The summed E-state index contributed by atoms with van der Waals surface area (Å²) in [5.74, 6) is -0.969. The summed E-state index contributed by atoms with van der Waals surface area (Å²) in [6.07, 6.45) is 57.0. The monoisotopic (exact) mass is 793 g/mol. The van der Waals surface area contributed by atoms with Gasteiger partial charge in [0.25, 0.3) is 0 Å². The van der Waals surface area contributed by atoms with Crippen molar-refractivity contribution in [2.75, 3.05) is 13.2 Å². The minimum atomic E-state index is -0.801. The van der Waals surface area contributed by atoms with E-state index < -0.39 is 6.10 Å². The Labute approximate surface area is 350 Å². The molecule has 0 saturated carbocycles. The summed E-state index contributed by atoms with van der Waals surface area (Å²) in [5, 5.41) is 0. The van der Waals surface area contributed by atoms with Gasteiger partial charge in [-0.25, -0.2) is 0 Å². The highest BCUT2D eigenvalue weighted by atomic mass is 16.6. The van der Waals surface area contributed by atoms with E-state index in [1.165, 1.54) is 57.8 Å². The molecular weight excluding hydrogens is 709 g/mol. The lowest BCUT2D eigenvalue weighted by Crippen LogP contribution is -2.30. The van der Waals surface area contributed by atoms with Gasteiger partial charge in [-0.3, -0.25) is 14.4 Å². The largest absolute Gasteiger partial charge is 0.462 e. The first kappa shape index (κ1) is 53.6. The van der Waals surface area contributed by atoms with E-state index in [2.05, 4.69) is 99.8 Å². The molecule has 324 valence electrons. The van der Waals surface area contributed by atoms with Crippen LogP contribution >= 0.6 is 0 Å². The molecule has 6 heteroatoms. The van der Waals surface area contributed by atoms with E-state index >= 15 is 0 Å². The highest BCUT2D eigenvalue weighted by molar-refractivity contribution is 5.71. The van der Waals surface area contributed by atoms with Crippen LogP contribution in [0.2, 0.25) is 0 Å². The number of carbonyl (C=O) groups excluding carboxylic acids is 3. The zero-order chi connectivity index (χ0) is 41.5. The van der Waals surface area contributed by atoms with E-state index in [4.69, 9.17) is 14.2 Å². The second kappa shape index (κ2) is 45.3. The Balaban J connectivity index is 4.47. The van der Waals surface area contributed by atoms with Crippen LogP contribution in [0.1, 0.15) is 201 Å². The van der Waals surface area contributed by atoms with Gasteiger partial charge in [-0.2, -0.15) is 0 Å². The molecule has 0 amide bonds. The first-order valence-electron chi connectivity index (χ1n) is 23.2. The Bertz CT molecular complexity index is 1140. The number of ether oxygens (including phenoxy) is 3. The molecule has 0 aliphatic heterocycles. The second-order valence-corrected chi connectivity index (χ2v) is 15.0. The summed E-state index contributed by atoms with van der Waals surface area (Å²) < 4.78 is 16.7. The first-order chi connectivity index (χ1) is 28.0. The second-order valence-electron chi connectivity index (χ2n) is 15.0. The fraction of sp³-hybridized carbons (Fsp3) is 0.667. The molecule has 1 unspecified atom stereocenters. The van der Waals surface area contributed by atoms with E-state index in [0.717, 1.165) is 103 Å². The van der Waals surface area contributed by atoms with Crippen molar-refractivity contribution in [2.24, 2.45) is 0 Å². The van der Waals surface area contributed by atoms with Crippen molar-refractivity contribution in [1.82, 2.24) is 0 Å². The quantitative estimate of drug-likeness (QED) is 0.0266. The van der Waals surface area contributed by atoms with Crippen LogP contribution in [0.3, 0.4) is 0 Å². The standard InChI is InChI=1S/C51H84O6/c1-4-7-10-13-16-19-22-24-25-27-29-32-35-38-41-44-50(53)56-47-48(46-55-49(52)43-40-37-34-31-28-21-18-15-12-9-6-3)57-51(54)45-42-39-36-33-30-26-23-20-17-14-11-8-5-2/h8,11,14-24,28,48H,4-7,9-10,12-13,25-27,29-47H2,1-3H3/b11-8-,17-14-,18-15-,19-16-,23-20-,24-22-,28-21-. The third kappa shape index (κ3) is 43.6. The van der Waals surface area contributed by atoms with Gasteiger partial charge in [-0.05, 0) is 83.5 Å². The third-order valence-corrected chi connectivity index (χ3v) is 9.47. The van der Waals surface area contributed by atoms with Gasteiger partial charge in [-0.15, -0.1) is 0 Å². The Morgan fingerprint density at radius 2 is 0.702 bits per heavy atom. The van der Waals surface area contributed by atoms with Gasteiger partial charge in [0, 0.05) is 19.3 Å². The maximum atomic E-state index is 12.7. The molecule has 0 saturated heterocycles. The van der Waals surface area contributed by atoms with Crippen LogP contribution in [0.5, 0.6) is 0 Å². The Kier molecular flexibility index (Phi) is 42.6. The first-order valence-corrected chi connectivity index (χ1v) is 23.2. The molecule has 0 aromatic carbocycles. The molecule has 0 fully saturated rings. The molecule has 0 aliphatic rings. The summed E-state index contributed by atoms with van der Waals surface area (Å²) in [5.41, 5.74) is 0. The van der Waals surface area contributed by atoms with Gasteiger partial charge in [0.1, 0.15) is 13.2 Å². The molecule has 0 radical (unpaired) electrons. The molecular formula is C51H84O6. The van der Waals surface area contributed by atoms with Gasteiger partial charge in [0.15, 0.2) is 6.10 Å². The van der Waals surface area contributed by atoms with E-state index in [-0.39, 0.29) is 31.1 Å². The maximum absolute atomic E-state index is 12.7. The predicted molar refractivity (Wildman–Crippen MR) is 242 cm³/mol. The van der Waals surface area contributed by atoms with Crippen molar-refractivity contribution in [3.05, 3.63) is 85.1 Å². The number of rotatable bonds is 40. The van der Waals surface area contributed by atoms with Crippen molar-refractivity contribution in [3.63, 3.8) is 0 Å². The van der Waals surface area contributed by atoms with Crippen molar-refractivity contribution in [1.29, 1.82) is 0 Å². The molecule has 0 bridgehead atoms.